The molecule has 286 valence electrons. The lowest BCUT2D eigenvalue weighted by molar-refractivity contribution is -0.253. The van der Waals surface area contributed by atoms with Crippen molar-refractivity contribution in [1.29, 1.82) is 0 Å². The van der Waals surface area contributed by atoms with E-state index in [-0.39, 0.29) is 49.1 Å². The van der Waals surface area contributed by atoms with E-state index in [0.29, 0.717) is 32.4 Å². The molecule has 0 saturated carbocycles. The van der Waals surface area contributed by atoms with Crippen LogP contribution in [0.25, 0.3) is 11.1 Å². The topological polar surface area (TPSA) is 147 Å². The molecule has 11 heteroatoms. The van der Waals surface area contributed by atoms with Crippen LogP contribution in [0.5, 0.6) is 0 Å². The zero-order valence-electron chi connectivity index (χ0n) is 31.2. The number of amides is 2. The van der Waals surface area contributed by atoms with Crippen LogP contribution in [0.15, 0.2) is 72.8 Å². The largest absolute Gasteiger partial charge is 0.459 e. The van der Waals surface area contributed by atoms with Gasteiger partial charge >= 0.3 is 5.97 Å². The first-order chi connectivity index (χ1) is 25.5. The SMILES string of the molecule is CC(C)(C)OC(=O)[C@@H]1CCCN1C[C@H]1C[C@@H](c2ccc(CO)cc2)O[C@@H](c2ccc(-c3ccccc3CNC(=O)CCCCCCC(=O)NO)cc2)O1. The Morgan fingerprint density at radius 3 is 2.23 bits per heavy atom. The van der Waals surface area contributed by atoms with Gasteiger partial charge in [0.25, 0.3) is 0 Å². The maximum atomic E-state index is 13.1. The molecule has 0 aromatic heterocycles. The summed E-state index contributed by atoms with van der Waals surface area (Å²) in [4.78, 5) is 39.0. The molecule has 2 heterocycles. The van der Waals surface area contributed by atoms with Gasteiger partial charge in [-0.3, -0.25) is 24.5 Å². The van der Waals surface area contributed by atoms with Gasteiger partial charge in [0.15, 0.2) is 6.29 Å². The second kappa shape index (κ2) is 19.3. The van der Waals surface area contributed by atoms with E-state index in [1.807, 2.05) is 93.6 Å². The van der Waals surface area contributed by atoms with Gasteiger partial charge in [0, 0.05) is 37.9 Å². The monoisotopic (exact) mass is 729 g/mol. The third kappa shape index (κ3) is 11.9. The highest BCUT2D eigenvalue weighted by Gasteiger charge is 2.39. The Morgan fingerprint density at radius 1 is 0.868 bits per heavy atom. The molecule has 0 bridgehead atoms. The Labute approximate surface area is 313 Å². The molecule has 2 fully saturated rings. The van der Waals surface area contributed by atoms with Gasteiger partial charge in [0.1, 0.15) is 11.6 Å². The highest BCUT2D eigenvalue weighted by molar-refractivity contribution is 5.77. The van der Waals surface area contributed by atoms with Gasteiger partial charge < -0.3 is 24.6 Å². The Balaban J connectivity index is 1.24. The number of hydrogen-bond donors (Lipinski definition) is 4. The van der Waals surface area contributed by atoms with Gasteiger partial charge in [0.05, 0.1) is 18.8 Å². The van der Waals surface area contributed by atoms with Crippen molar-refractivity contribution in [3.63, 3.8) is 0 Å². The first-order valence-corrected chi connectivity index (χ1v) is 18.9. The number of likely N-dealkylation sites (tertiary alicyclic amines) is 1. The van der Waals surface area contributed by atoms with Gasteiger partial charge in [0.2, 0.25) is 11.8 Å². The molecular weight excluding hydrogens is 674 g/mol. The van der Waals surface area contributed by atoms with Crippen LogP contribution in [-0.4, -0.2) is 63.8 Å². The highest BCUT2D eigenvalue weighted by Crippen LogP contribution is 2.39. The average Bonchev–Trinajstić information content (AvgIpc) is 3.63. The minimum atomic E-state index is -0.630. The predicted octanol–water partition coefficient (Wildman–Crippen LogP) is 6.66. The number of nitrogens with one attached hydrogen (secondary N) is 2. The van der Waals surface area contributed by atoms with E-state index >= 15 is 0 Å². The molecular formula is C42H55N3O8. The molecule has 0 radical (unpaired) electrons. The minimum Gasteiger partial charge on any atom is -0.459 e. The molecule has 5 rings (SSSR count). The van der Waals surface area contributed by atoms with Crippen molar-refractivity contribution in [2.75, 3.05) is 13.1 Å². The highest BCUT2D eigenvalue weighted by atomic mass is 16.7. The fourth-order valence-corrected chi connectivity index (χ4v) is 7.01. The number of hydrogen-bond acceptors (Lipinski definition) is 9. The van der Waals surface area contributed by atoms with Crippen molar-refractivity contribution in [2.45, 2.75) is 122 Å². The van der Waals surface area contributed by atoms with Crippen LogP contribution in [0.3, 0.4) is 0 Å². The second-order valence-corrected chi connectivity index (χ2v) is 15.0. The summed E-state index contributed by atoms with van der Waals surface area (Å²) in [6.45, 7) is 7.43. The van der Waals surface area contributed by atoms with Crippen molar-refractivity contribution in [3.8, 4) is 11.1 Å². The maximum Gasteiger partial charge on any atom is 0.323 e. The Bertz CT molecular complexity index is 1640. The quantitative estimate of drug-likeness (QED) is 0.0550. The number of unbranched alkanes of at least 4 members (excludes halogenated alkanes) is 3. The van der Waals surface area contributed by atoms with Gasteiger partial charge in [-0.2, -0.15) is 0 Å². The van der Waals surface area contributed by atoms with Crippen molar-refractivity contribution < 1.29 is 38.9 Å². The van der Waals surface area contributed by atoms with Crippen LogP contribution < -0.4 is 10.8 Å². The summed E-state index contributed by atoms with van der Waals surface area (Å²) >= 11 is 0. The van der Waals surface area contributed by atoms with E-state index in [9.17, 15) is 19.5 Å². The molecule has 3 aromatic carbocycles. The molecule has 11 nitrogen and oxygen atoms in total. The summed E-state index contributed by atoms with van der Waals surface area (Å²) in [6, 6.07) is 23.7. The number of aliphatic hydroxyl groups is 1. The second-order valence-electron chi connectivity index (χ2n) is 15.0. The number of esters is 1. The molecule has 3 aromatic rings. The van der Waals surface area contributed by atoms with Gasteiger partial charge in [-0.15, -0.1) is 0 Å². The van der Waals surface area contributed by atoms with E-state index in [2.05, 4.69) is 10.2 Å². The Morgan fingerprint density at radius 2 is 1.55 bits per heavy atom. The molecule has 4 N–H and O–H groups in total. The van der Waals surface area contributed by atoms with Crippen molar-refractivity contribution in [1.82, 2.24) is 15.7 Å². The zero-order chi connectivity index (χ0) is 37.8. The van der Waals surface area contributed by atoms with Gasteiger partial charge in [-0.25, -0.2) is 5.48 Å². The Hall–Kier alpha value is -4.13. The number of aliphatic hydroxyl groups excluding tert-OH is 1. The number of carbonyl (C=O) groups excluding carboxylic acids is 3. The van der Waals surface area contributed by atoms with Crippen LogP contribution >= 0.6 is 0 Å². The maximum absolute atomic E-state index is 13.1. The summed E-state index contributed by atoms with van der Waals surface area (Å²) in [6.07, 6.45) is 4.99. The van der Waals surface area contributed by atoms with Crippen LogP contribution in [0, 0.1) is 0 Å². The molecule has 0 unspecified atom stereocenters. The third-order valence-corrected chi connectivity index (χ3v) is 9.77. The molecule has 0 spiro atoms. The molecule has 53 heavy (non-hydrogen) atoms. The molecule has 2 amide bonds. The van der Waals surface area contributed by atoms with Crippen LogP contribution in [0.1, 0.15) is 113 Å². The molecule has 2 saturated heterocycles. The number of ether oxygens (including phenoxy) is 3. The number of rotatable bonds is 16. The average molecular weight is 730 g/mol. The van der Waals surface area contributed by atoms with Crippen LogP contribution in [-0.2, 0) is 41.7 Å². The van der Waals surface area contributed by atoms with Crippen LogP contribution in [0.4, 0.5) is 0 Å². The van der Waals surface area contributed by atoms with Crippen LogP contribution in [0.2, 0.25) is 0 Å². The van der Waals surface area contributed by atoms with Crippen molar-refractivity contribution in [3.05, 3.63) is 95.1 Å². The zero-order valence-corrected chi connectivity index (χ0v) is 31.2. The lowest BCUT2D eigenvalue weighted by Crippen LogP contribution is -2.45. The smallest absolute Gasteiger partial charge is 0.323 e. The summed E-state index contributed by atoms with van der Waals surface area (Å²) in [5, 5.41) is 21.2. The number of carbonyl (C=O) groups is 3. The van der Waals surface area contributed by atoms with E-state index in [1.165, 1.54) is 0 Å². The van der Waals surface area contributed by atoms with Gasteiger partial charge in [-0.05, 0) is 80.8 Å². The minimum absolute atomic E-state index is 0.0173. The third-order valence-electron chi connectivity index (χ3n) is 9.77. The number of hydroxylamine groups is 1. The summed E-state index contributed by atoms with van der Waals surface area (Å²) in [5.41, 5.74) is 6.84. The Kier molecular flexibility index (Phi) is 14.6. The lowest BCUT2D eigenvalue weighted by Gasteiger charge is -2.38. The standard InChI is InChI=1S/C42H55N3O8/c1-42(2,3)53-40(49)36-13-10-24-45(36)27-34-25-37(31-18-16-29(28-46)17-19-31)52-41(51-34)32-22-20-30(21-23-32)35-12-9-8-11-33(35)26-43-38(47)14-6-4-5-7-15-39(48)44-50/h8-9,11-12,16-23,34,36-37,41,46,50H,4-7,10,13-15,24-28H2,1-3H3,(H,43,47)(H,44,48)/t34-,36+,37+,41+/m1/s1. The molecule has 4 atom stereocenters. The first kappa shape index (κ1) is 40.1. The fraction of sp³-hybridized carbons (Fsp3) is 0.500. The van der Waals surface area contributed by atoms with E-state index in [0.717, 1.165) is 72.0 Å². The predicted molar refractivity (Wildman–Crippen MR) is 200 cm³/mol. The molecule has 2 aliphatic heterocycles. The van der Waals surface area contributed by atoms with Gasteiger partial charge in [-0.1, -0.05) is 85.6 Å². The van der Waals surface area contributed by atoms with Crippen molar-refractivity contribution in [2.24, 2.45) is 0 Å². The summed E-state index contributed by atoms with van der Waals surface area (Å²) in [5.74, 6) is -0.597. The lowest BCUT2D eigenvalue weighted by atomic mass is 9.97. The molecule has 2 aliphatic rings. The van der Waals surface area contributed by atoms with E-state index in [4.69, 9.17) is 19.4 Å². The fourth-order valence-electron chi connectivity index (χ4n) is 7.01. The number of benzene rings is 3. The van der Waals surface area contributed by atoms with Crippen molar-refractivity contribution >= 4 is 17.8 Å². The number of nitrogens with zero attached hydrogens (tertiary/aromatic N) is 1. The summed E-state index contributed by atoms with van der Waals surface area (Å²) < 4.78 is 19.0. The normalized spacial score (nSPS) is 20.5. The molecule has 0 aliphatic carbocycles. The first-order valence-electron chi connectivity index (χ1n) is 18.9. The van der Waals surface area contributed by atoms with E-state index < -0.39 is 11.9 Å². The summed E-state index contributed by atoms with van der Waals surface area (Å²) in [7, 11) is 0. The van der Waals surface area contributed by atoms with E-state index in [1.54, 1.807) is 5.48 Å².